The van der Waals surface area contributed by atoms with Gasteiger partial charge in [0.1, 0.15) is 5.82 Å². The van der Waals surface area contributed by atoms with E-state index in [9.17, 15) is 4.79 Å². The number of halogens is 2. The Bertz CT molecular complexity index is 596. The fraction of sp³-hybridized carbons (Fsp3) is 0.250. The van der Waals surface area contributed by atoms with Crippen LogP contribution in [0.15, 0.2) is 42.6 Å². The van der Waals surface area contributed by atoms with Gasteiger partial charge in [-0.3, -0.25) is 4.79 Å². The average molecular weight is 340 g/mol. The molecule has 118 valence electrons. The zero-order valence-electron chi connectivity index (χ0n) is 12.5. The quantitative estimate of drug-likeness (QED) is 0.878. The molecule has 0 bridgehead atoms. The molecule has 4 nitrogen and oxygen atoms in total. The standard InChI is InChI=1S/C16H18ClN3O.ClH/c1-3-20(4-2)16(21)12-5-10-15(18-11-12)19-14-8-6-13(17)7-9-14;/h5-11H,3-4H2,1-2H3,(H,18,19);1H. The summed E-state index contributed by atoms with van der Waals surface area (Å²) in [6.07, 6.45) is 1.60. The average Bonchev–Trinajstić information content (AvgIpc) is 2.51. The van der Waals surface area contributed by atoms with Crippen LogP contribution < -0.4 is 5.32 Å². The summed E-state index contributed by atoms with van der Waals surface area (Å²) in [7, 11) is 0. The number of pyridine rings is 1. The van der Waals surface area contributed by atoms with Gasteiger partial charge in [-0.2, -0.15) is 0 Å². The summed E-state index contributed by atoms with van der Waals surface area (Å²) >= 11 is 5.84. The molecule has 6 heteroatoms. The number of hydrogen-bond donors (Lipinski definition) is 1. The van der Waals surface area contributed by atoms with Crippen LogP contribution in [-0.4, -0.2) is 28.9 Å². The van der Waals surface area contributed by atoms with E-state index in [2.05, 4.69) is 10.3 Å². The van der Waals surface area contributed by atoms with E-state index in [4.69, 9.17) is 11.6 Å². The minimum absolute atomic E-state index is 0. The molecule has 0 unspecified atom stereocenters. The number of amides is 1. The van der Waals surface area contributed by atoms with Crippen molar-refractivity contribution in [2.45, 2.75) is 13.8 Å². The van der Waals surface area contributed by atoms with Crippen LogP contribution in [0.2, 0.25) is 5.02 Å². The minimum atomic E-state index is 0. The number of carbonyl (C=O) groups excluding carboxylic acids is 1. The summed E-state index contributed by atoms with van der Waals surface area (Å²) in [5.74, 6) is 0.693. The summed E-state index contributed by atoms with van der Waals surface area (Å²) < 4.78 is 0. The van der Waals surface area contributed by atoms with Gasteiger partial charge in [-0.05, 0) is 50.2 Å². The number of anilines is 2. The van der Waals surface area contributed by atoms with E-state index in [1.165, 1.54) is 0 Å². The van der Waals surface area contributed by atoms with Crippen molar-refractivity contribution in [2.75, 3.05) is 18.4 Å². The van der Waals surface area contributed by atoms with Crippen LogP contribution in [0.4, 0.5) is 11.5 Å². The molecule has 2 rings (SSSR count). The maximum atomic E-state index is 12.2. The molecule has 2 aromatic rings. The maximum absolute atomic E-state index is 12.2. The van der Waals surface area contributed by atoms with Gasteiger partial charge in [0.05, 0.1) is 5.56 Å². The third-order valence-electron chi connectivity index (χ3n) is 3.18. The van der Waals surface area contributed by atoms with E-state index in [1.807, 2.05) is 38.1 Å². The van der Waals surface area contributed by atoms with Crippen molar-refractivity contribution >= 4 is 41.4 Å². The lowest BCUT2D eigenvalue weighted by atomic mass is 10.2. The molecule has 1 N–H and O–H groups in total. The highest BCUT2D eigenvalue weighted by Crippen LogP contribution is 2.18. The van der Waals surface area contributed by atoms with Crippen molar-refractivity contribution in [3.05, 3.63) is 53.2 Å². The number of nitrogens with zero attached hydrogens (tertiary/aromatic N) is 2. The summed E-state index contributed by atoms with van der Waals surface area (Å²) in [5.41, 5.74) is 1.50. The van der Waals surface area contributed by atoms with E-state index >= 15 is 0 Å². The van der Waals surface area contributed by atoms with Crippen molar-refractivity contribution in [3.63, 3.8) is 0 Å². The predicted molar refractivity (Wildman–Crippen MR) is 93.5 cm³/mol. The molecule has 0 atom stereocenters. The second kappa shape index (κ2) is 8.61. The zero-order chi connectivity index (χ0) is 15.2. The number of hydrogen-bond acceptors (Lipinski definition) is 3. The first-order valence-electron chi connectivity index (χ1n) is 6.92. The molecule has 0 aliphatic carbocycles. The van der Waals surface area contributed by atoms with Crippen LogP contribution in [0, 0.1) is 0 Å². The second-order valence-electron chi connectivity index (χ2n) is 4.54. The van der Waals surface area contributed by atoms with Gasteiger partial charge >= 0.3 is 0 Å². The number of rotatable bonds is 5. The molecular weight excluding hydrogens is 321 g/mol. The molecule has 22 heavy (non-hydrogen) atoms. The first-order valence-corrected chi connectivity index (χ1v) is 7.29. The first kappa shape index (κ1) is 18.3. The van der Waals surface area contributed by atoms with E-state index in [0.29, 0.717) is 29.5 Å². The smallest absolute Gasteiger partial charge is 0.255 e. The zero-order valence-corrected chi connectivity index (χ0v) is 14.1. The maximum Gasteiger partial charge on any atom is 0.255 e. The SMILES string of the molecule is CCN(CC)C(=O)c1ccc(Nc2ccc(Cl)cc2)nc1.Cl. The lowest BCUT2D eigenvalue weighted by Crippen LogP contribution is -2.30. The number of benzene rings is 1. The van der Waals surface area contributed by atoms with Crippen molar-refractivity contribution in [2.24, 2.45) is 0 Å². The minimum Gasteiger partial charge on any atom is -0.340 e. The molecule has 1 heterocycles. The molecule has 1 amide bonds. The molecule has 0 spiro atoms. The van der Waals surface area contributed by atoms with Crippen LogP contribution in [-0.2, 0) is 0 Å². The Morgan fingerprint density at radius 1 is 1.14 bits per heavy atom. The Balaban J connectivity index is 0.00000242. The topological polar surface area (TPSA) is 45.2 Å². The summed E-state index contributed by atoms with van der Waals surface area (Å²) in [4.78, 5) is 18.2. The molecule has 0 aliphatic heterocycles. The predicted octanol–water partition coefficient (Wildman–Crippen LogP) is 4.38. The van der Waals surface area contributed by atoms with Crippen molar-refractivity contribution in [1.29, 1.82) is 0 Å². The molecule has 0 saturated carbocycles. The van der Waals surface area contributed by atoms with Crippen molar-refractivity contribution in [3.8, 4) is 0 Å². The Hall–Kier alpha value is -1.78. The lowest BCUT2D eigenvalue weighted by molar-refractivity contribution is 0.0772. The fourth-order valence-corrected chi connectivity index (χ4v) is 2.09. The molecule has 0 aliphatic rings. The highest BCUT2D eigenvalue weighted by atomic mass is 35.5. The Morgan fingerprint density at radius 2 is 1.77 bits per heavy atom. The molecule has 0 fully saturated rings. The monoisotopic (exact) mass is 339 g/mol. The van der Waals surface area contributed by atoms with Gasteiger partial charge in [-0.1, -0.05) is 11.6 Å². The van der Waals surface area contributed by atoms with Crippen LogP contribution in [0.5, 0.6) is 0 Å². The Kier molecular flexibility index (Phi) is 7.15. The normalized spacial score (nSPS) is 9.77. The van der Waals surface area contributed by atoms with Crippen LogP contribution in [0.1, 0.15) is 24.2 Å². The van der Waals surface area contributed by atoms with Crippen LogP contribution in [0.3, 0.4) is 0 Å². The van der Waals surface area contributed by atoms with Gasteiger partial charge in [0.15, 0.2) is 0 Å². The van der Waals surface area contributed by atoms with Gasteiger partial charge in [0.2, 0.25) is 0 Å². The summed E-state index contributed by atoms with van der Waals surface area (Å²) in [6.45, 7) is 5.32. The number of aromatic nitrogens is 1. The third-order valence-corrected chi connectivity index (χ3v) is 3.43. The van der Waals surface area contributed by atoms with E-state index in [-0.39, 0.29) is 18.3 Å². The summed E-state index contributed by atoms with van der Waals surface area (Å²) in [5, 5.41) is 3.85. The number of nitrogens with one attached hydrogen (secondary N) is 1. The summed E-state index contributed by atoms with van der Waals surface area (Å²) in [6, 6.07) is 10.9. The van der Waals surface area contributed by atoms with Gasteiger partial charge in [-0.15, -0.1) is 12.4 Å². The van der Waals surface area contributed by atoms with Gasteiger partial charge in [0, 0.05) is 30.0 Å². The largest absolute Gasteiger partial charge is 0.340 e. The van der Waals surface area contributed by atoms with E-state index in [1.54, 1.807) is 23.2 Å². The van der Waals surface area contributed by atoms with Crippen molar-refractivity contribution in [1.82, 2.24) is 9.88 Å². The molecule has 1 aromatic carbocycles. The highest BCUT2D eigenvalue weighted by Gasteiger charge is 2.12. The van der Waals surface area contributed by atoms with Crippen molar-refractivity contribution < 1.29 is 4.79 Å². The van der Waals surface area contributed by atoms with Crippen LogP contribution >= 0.6 is 24.0 Å². The second-order valence-corrected chi connectivity index (χ2v) is 4.98. The first-order chi connectivity index (χ1) is 10.1. The van der Waals surface area contributed by atoms with Gasteiger partial charge in [0.25, 0.3) is 5.91 Å². The highest BCUT2D eigenvalue weighted by molar-refractivity contribution is 6.30. The van der Waals surface area contributed by atoms with Crippen LogP contribution in [0.25, 0.3) is 0 Å². The molecule has 1 aromatic heterocycles. The number of carbonyl (C=O) groups is 1. The fourth-order valence-electron chi connectivity index (χ4n) is 1.97. The molecular formula is C16H19Cl2N3O. The third kappa shape index (κ3) is 4.61. The lowest BCUT2D eigenvalue weighted by Gasteiger charge is -2.18. The van der Waals surface area contributed by atoms with E-state index < -0.39 is 0 Å². The van der Waals surface area contributed by atoms with Gasteiger partial charge in [-0.25, -0.2) is 4.98 Å². The molecule has 0 radical (unpaired) electrons. The Morgan fingerprint density at radius 3 is 2.27 bits per heavy atom. The Labute approximate surface area is 141 Å². The van der Waals surface area contributed by atoms with Gasteiger partial charge < -0.3 is 10.2 Å². The van der Waals surface area contributed by atoms with E-state index in [0.717, 1.165) is 5.69 Å². The molecule has 0 saturated heterocycles.